The van der Waals surface area contributed by atoms with Crippen molar-refractivity contribution in [3.05, 3.63) is 0 Å². The Labute approximate surface area is 184 Å². The second-order valence-corrected chi connectivity index (χ2v) is 11.3. The average Bonchev–Trinajstić information content (AvgIpc) is 2.96. The maximum absolute atomic E-state index is 12.3. The highest BCUT2D eigenvalue weighted by Gasteiger charge is 2.38. The van der Waals surface area contributed by atoms with Gasteiger partial charge in [0.1, 0.15) is 0 Å². The fourth-order valence-corrected chi connectivity index (χ4v) is 7.80. The molecule has 8 heteroatoms. The molecule has 166 valence electrons. The summed E-state index contributed by atoms with van der Waals surface area (Å²) in [5.41, 5.74) is 5.84. The minimum atomic E-state index is -0.256. The summed E-state index contributed by atoms with van der Waals surface area (Å²) in [6.07, 6.45) is 8.95. The van der Waals surface area contributed by atoms with Crippen molar-refractivity contribution in [2.75, 3.05) is 18.6 Å². The van der Waals surface area contributed by atoms with Crippen LogP contribution in [0.25, 0.3) is 0 Å². The Bertz CT molecular complexity index is 579. The lowest BCUT2D eigenvalue weighted by atomic mass is 10.0. The van der Waals surface area contributed by atoms with E-state index >= 15 is 0 Å². The van der Waals surface area contributed by atoms with Gasteiger partial charge in [0.15, 0.2) is 0 Å². The van der Waals surface area contributed by atoms with E-state index in [-0.39, 0.29) is 18.0 Å². The summed E-state index contributed by atoms with van der Waals surface area (Å²) in [5, 5.41) is 3.99. The molecular formula is C21H38N4O2S2. The van der Waals surface area contributed by atoms with Gasteiger partial charge in [0.05, 0.1) is 22.8 Å². The molecule has 2 amide bonds. The number of hydrogen-bond donors (Lipinski definition) is 2. The van der Waals surface area contributed by atoms with Gasteiger partial charge < -0.3 is 20.9 Å². The number of carbonyl (C=O) groups is 2. The van der Waals surface area contributed by atoms with E-state index in [4.69, 9.17) is 5.73 Å². The lowest BCUT2D eigenvalue weighted by Gasteiger charge is -2.40. The predicted molar refractivity (Wildman–Crippen MR) is 123 cm³/mol. The largest absolute Gasteiger partial charge is 0.327 e. The summed E-state index contributed by atoms with van der Waals surface area (Å²) in [4.78, 5) is 28.4. The fraction of sp³-hybridized carbons (Fsp3) is 0.905. The monoisotopic (exact) mass is 442 g/mol. The first-order chi connectivity index (χ1) is 13.9. The quantitative estimate of drug-likeness (QED) is 0.650. The van der Waals surface area contributed by atoms with Crippen molar-refractivity contribution in [1.82, 2.24) is 15.1 Å². The third-order valence-corrected chi connectivity index (χ3v) is 9.28. The molecule has 4 rings (SSSR count). The molecule has 0 unspecified atom stereocenters. The lowest BCUT2D eigenvalue weighted by Crippen LogP contribution is -2.52. The van der Waals surface area contributed by atoms with Crippen LogP contribution in [-0.2, 0) is 9.59 Å². The molecule has 0 aromatic carbocycles. The van der Waals surface area contributed by atoms with Gasteiger partial charge in [-0.15, -0.1) is 23.5 Å². The number of nitrogens with one attached hydrogen (secondary N) is 1. The first-order valence-electron chi connectivity index (χ1n) is 11.2. The van der Waals surface area contributed by atoms with Crippen molar-refractivity contribution in [3.8, 4) is 0 Å². The molecule has 0 saturated carbocycles. The van der Waals surface area contributed by atoms with Crippen LogP contribution in [0.2, 0.25) is 0 Å². The highest BCUT2D eigenvalue weighted by Crippen LogP contribution is 2.34. The van der Waals surface area contributed by atoms with E-state index < -0.39 is 0 Å². The molecule has 4 fully saturated rings. The van der Waals surface area contributed by atoms with Crippen molar-refractivity contribution < 1.29 is 9.59 Å². The van der Waals surface area contributed by atoms with Gasteiger partial charge in [-0.05, 0) is 83.8 Å². The number of thioether (sulfide) groups is 2. The Kier molecular flexibility index (Phi) is 8.60. The van der Waals surface area contributed by atoms with Crippen molar-refractivity contribution in [2.24, 2.45) is 5.73 Å². The third-order valence-electron chi connectivity index (χ3n) is 6.64. The molecule has 4 heterocycles. The molecule has 3 N–H and O–H groups in total. The topological polar surface area (TPSA) is 78.7 Å². The Hall–Kier alpha value is -0.440. The zero-order valence-corrected chi connectivity index (χ0v) is 19.8. The minimum Gasteiger partial charge on any atom is -0.327 e. The first-order valence-corrected chi connectivity index (χ1v) is 13.3. The van der Waals surface area contributed by atoms with Gasteiger partial charge >= 0.3 is 0 Å². The zero-order valence-electron chi connectivity index (χ0n) is 18.1. The van der Waals surface area contributed by atoms with E-state index in [1.54, 1.807) is 0 Å². The van der Waals surface area contributed by atoms with Crippen LogP contribution in [0.4, 0.5) is 0 Å². The van der Waals surface area contributed by atoms with Crippen molar-refractivity contribution >= 4 is 35.3 Å². The number of amides is 2. The minimum absolute atomic E-state index is 0.0445. The number of hydrogen-bond acceptors (Lipinski definition) is 6. The highest BCUT2D eigenvalue weighted by molar-refractivity contribution is 8.00. The van der Waals surface area contributed by atoms with Crippen molar-refractivity contribution in [3.63, 3.8) is 0 Å². The molecular weight excluding hydrogens is 404 g/mol. The summed E-state index contributed by atoms with van der Waals surface area (Å²) < 4.78 is 0. The lowest BCUT2D eigenvalue weighted by molar-refractivity contribution is -0.137. The molecule has 6 nitrogen and oxygen atoms in total. The summed E-state index contributed by atoms with van der Waals surface area (Å²) in [6.45, 7) is 4.32. The van der Waals surface area contributed by atoms with E-state index in [1.165, 1.54) is 25.7 Å². The SMILES string of the molecule is CN[C@H]1CCS[C@H]2CCC[C@@H](C)N2C1=O.C[C@@H]1CCC[C@@H]2SCC[C@H](N)C(=O)N12. The first kappa shape index (κ1) is 23.2. The number of rotatable bonds is 1. The van der Waals surface area contributed by atoms with E-state index in [9.17, 15) is 9.59 Å². The van der Waals surface area contributed by atoms with Crippen LogP contribution in [0.15, 0.2) is 0 Å². The summed E-state index contributed by atoms with van der Waals surface area (Å²) in [5.74, 6) is 2.62. The fourth-order valence-electron chi connectivity index (χ4n) is 4.88. The molecule has 6 atom stereocenters. The zero-order chi connectivity index (χ0) is 21.0. The molecule has 0 bridgehead atoms. The van der Waals surface area contributed by atoms with Crippen LogP contribution in [0, 0.1) is 0 Å². The Balaban J connectivity index is 0.000000166. The van der Waals surface area contributed by atoms with E-state index in [0.29, 0.717) is 28.7 Å². The van der Waals surface area contributed by atoms with Crippen LogP contribution in [-0.4, -0.2) is 75.1 Å². The van der Waals surface area contributed by atoms with Crippen molar-refractivity contribution in [1.29, 1.82) is 0 Å². The number of fused-ring (bicyclic) bond motifs is 2. The summed E-state index contributed by atoms with van der Waals surface area (Å²) >= 11 is 3.86. The number of nitrogens with two attached hydrogens (primary N) is 1. The van der Waals surface area contributed by atoms with Gasteiger partial charge in [0.2, 0.25) is 11.8 Å². The molecule has 29 heavy (non-hydrogen) atoms. The van der Waals surface area contributed by atoms with Gasteiger partial charge in [0, 0.05) is 12.1 Å². The molecule has 0 aliphatic carbocycles. The Morgan fingerprint density at radius 3 is 1.90 bits per heavy atom. The Morgan fingerprint density at radius 2 is 1.34 bits per heavy atom. The maximum Gasteiger partial charge on any atom is 0.240 e. The number of piperidine rings is 2. The molecule has 4 aliphatic rings. The van der Waals surface area contributed by atoms with Crippen LogP contribution in [0.1, 0.15) is 65.2 Å². The number of nitrogens with zero attached hydrogens (tertiary/aromatic N) is 2. The van der Waals surface area contributed by atoms with E-state index in [0.717, 1.165) is 37.2 Å². The van der Waals surface area contributed by atoms with Gasteiger partial charge in [-0.2, -0.15) is 0 Å². The molecule has 4 aliphatic heterocycles. The standard InChI is InChI=1S/C11H20N2OS.C10H18N2OS/c1-8-4-3-5-10-13(8)11(14)9(12-2)6-7-15-10;1-7-3-2-4-9-12(7)10(13)8(11)5-6-14-9/h8-10,12H,3-7H2,1-2H3;7-9H,2-6,11H2,1H3/t8-,9+,10+;7-,8+,9+/m11/s1. The van der Waals surface area contributed by atoms with Crippen LogP contribution in [0.5, 0.6) is 0 Å². The summed E-state index contributed by atoms with van der Waals surface area (Å²) in [6, 6.07) is 0.603. The third kappa shape index (κ3) is 5.43. The van der Waals surface area contributed by atoms with Crippen molar-refractivity contribution in [2.45, 2.75) is 100 Å². The number of carbonyl (C=O) groups excluding carboxylic acids is 2. The van der Waals surface area contributed by atoms with Gasteiger partial charge in [0.25, 0.3) is 0 Å². The van der Waals surface area contributed by atoms with Crippen LogP contribution >= 0.6 is 23.5 Å². The smallest absolute Gasteiger partial charge is 0.240 e. The van der Waals surface area contributed by atoms with Crippen LogP contribution < -0.4 is 11.1 Å². The van der Waals surface area contributed by atoms with Gasteiger partial charge in [-0.1, -0.05) is 0 Å². The molecule has 0 aromatic rings. The predicted octanol–water partition coefficient (Wildman–Crippen LogP) is 2.62. The van der Waals surface area contributed by atoms with Crippen LogP contribution in [0.3, 0.4) is 0 Å². The van der Waals surface area contributed by atoms with Gasteiger partial charge in [-0.25, -0.2) is 0 Å². The second-order valence-electron chi connectivity index (χ2n) is 8.73. The average molecular weight is 443 g/mol. The summed E-state index contributed by atoms with van der Waals surface area (Å²) in [7, 11) is 1.89. The second kappa shape index (κ2) is 10.7. The normalized spacial score (nSPS) is 38.2. The van der Waals surface area contributed by atoms with E-state index in [2.05, 4.69) is 24.1 Å². The molecule has 0 aromatic heterocycles. The van der Waals surface area contributed by atoms with E-state index in [1.807, 2.05) is 35.5 Å². The highest BCUT2D eigenvalue weighted by atomic mass is 32.2. The Morgan fingerprint density at radius 1 is 0.828 bits per heavy atom. The van der Waals surface area contributed by atoms with Gasteiger partial charge in [-0.3, -0.25) is 9.59 Å². The maximum atomic E-state index is 12.3. The molecule has 0 spiro atoms. The number of likely N-dealkylation sites (N-methyl/N-ethyl adjacent to an activating group) is 1. The molecule has 4 saturated heterocycles. The molecule has 0 radical (unpaired) electrons.